The molecule has 0 aliphatic carbocycles. The molecule has 2 atom stereocenters. The predicted molar refractivity (Wildman–Crippen MR) is 99.5 cm³/mol. The van der Waals surface area contributed by atoms with Crippen LogP contribution in [0.5, 0.6) is 0 Å². The van der Waals surface area contributed by atoms with Gasteiger partial charge in [-0.25, -0.2) is 4.79 Å². The standard InChI is InChI=1S/C17H22N4O2.C2HF3O2/c1-20-12-13(11-19-20)9-15-16(23-2)6-8-21(15)17(22)10-14-5-3-4-7-18-14;3-2(4,5)1(6)7/h3-5,7,11-12,15-16H,6,8-10H2,1-2H3;(H,6,7)/t15-,16+;/m0./s1. The first-order valence-electron chi connectivity index (χ1n) is 9.11. The Balaban J connectivity index is 0.000000396. The molecule has 3 rings (SSSR count). The van der Waals surface area contributed by atoms with Crippen molar-refractivity contribution in [1.82, 2.24) is 19.7 Å². The molecule has 1 aliphatic heterocycles. The van der Waals surface area contributed by atoms with Crippen molar-refractivity contribution in [3.05, 3.63) is 48.0 Å². The van der Waals surface area contributed by atoms with Crippen LogP contribution >= 0.6 is 0 Å². The predicted octanol–water partition coefficient (Wildman–Crippen LogP) is 1.85. The Hall–Kier alpha value is -2.95. The van der Waals surface area contributed by atoms with Crippen LogP contribution in [0, 0.1) is 0 Å². The van der Waals surface area contributed by atoms with Crippen molar-refractivity contribution in [1.29, 1.82) is 0 Å². The number of nitrogens with zero attached hydrogens (tertiary/aromatic N) is 4. The van der Waals surface area contributed by atoms with Crippen LogP contribution in [0.25, 0.3) is 0 Å². The average molecular weight is 428 g/mol. The van der Waals surface area contributed by atoms with Gasteiger partial charge in [0.1, 0.15) is 0 Å². The van der Waals surface area contributed by atoms with E-state index in [0.29, 0.717) is 6.42 Å². The fourth-order valence-electron chi connectivity index (χ4n) is 3.23. The van der Waals surface area contributed by atoms with Crippen LogP contribution in [0.2, 0.25) is 0 Å². The molecule has 0 radical (unpaired) electrons. The van der Waals surface area contributed by atoms with Gasteiger partial charge in [-0.15, -0.1) is 0 Å². The van der Waals surface area contributed by atoms with E-state index in [0.717, 1.165) is 30.6 Å². The summed E-state index contributed by atoms with van der Waals surface area (Å²) in [6.07, 6.45) is 2.52. The second-order valence-corrected chi connectivity index (χ2v) is 6.74. The van der Waals surface area contributed by atoms with Crippen LogP contribution < -0.4 is 0 Å². The molecule has 0 saturated carbocycles. The first-order valence-corrected chi connectivity index (χ1v) is 9.11. The maximum atomic E-state index is 12.7. The molecule has 1 fully saturated rings. The number of aryl methyl sites for hydroxylation is 1. The number of hydrogen-bond acceptors (Lipinski definition) is 5. The summed E-state index contributed by atoms with van der Waals surface area (Å²) in [7, 11) is 3.61. The second kappa shape index (κ2) is 10.2. The summed E-state index contributed by atoms with van der Waals surface area (Å²) in [4.78, 5) is 27.8. The molecule has 164 valence electrons. The summed E-state index contributed by atoms with van der Waals surface area (Å²) in [5, 5.41) is 11.3. The van der Waals surface area contributed by atoms with E-state index in [-0.39, 0.29) is 18.1 Å². The maximum absolute atomic E-state index is 12.7. The van der Waals surface area contributed by atoms with Crippen LogP contribution in [0.15, 0.2) is 36.8 Å². The van der Waals surface area contributed by atoms with Crippen LogP contribution in [-0.4, -0.2) is 68.6 Å². The molecule has 2 aromatic rings. The third kappa shape index (κ3) is 6.55. The Morgan fingerprint density at radius 3 is 2.53 bits per heavy atom. The number of carbonyl (C=O) groups excluding carboxylic acids is 1. The van der Waals surface area contributed by atoms with Crippen molar-refractivity contribution in [2.24, 2.45) is 7.05 Å². The minimum atomic E-state index is -5.08. The van der Waals surface area contributed by atoms with Crippen LogP contribution in [0.4, 0.5) is 13.2 Å². The van der Waals surface area contributed by atoms with Crippen LogP contribution in [0.3, 0.4) is 0 Å². The smallest absolute Gasteiger partial charge is 0.475 e. The van der Waals surface area contributed by atoms with Crippen molar-refractivity contribution in [3.63, 3.8) is 0 Å². The van der Waals surface area contributed by atoms with Crippen molar-refractivity contribution >= 4 is 11.9 Å². The number of likely N-dealkylation sites (tertiary alicyclic amines) is 1. The van der Waals surface area contributed by atoms with Crippen molar-refractivity contribution in [2.75, 3.05) is 13.7 Å². The molecule has 3 heterocycles. The lowest BCUT2D eigenvalue weighted by molar-refractivity contribution is -0.192. The SMILES string of the molecule is CO[C@@H]1CCN(C(=O)Cc2ccccn2)[C@H]1Cc1cnn(C)c1.O=C(O)C(F)(F)F. The molecule has 30 heavy (non-hydrogen) atoms. The molecule has 0 unspecified atom stereocenters. The number of hydrogen-bond donors (Lipinski definition) is 1. The van der Waals surface area contributed by atoms with Gasteiger partial charge in [0.15, 0.2) is 0 Å². The molecule has 1 saturated heterocycles. The first kappa shape index (κ1) is 23.3. The molecular formula is C19H23F3N4O4. The highest BCUT2D eigenvalue weighted by Gasteiger charge is 2.38. The number of alkyl halides is 3. The molecule has 2 aromatic heterocycles. The van der Waals surface area contributed by atoms with Gasteiger partial charge < -0.3 is 14.7 Å². The second-order valence-electron chi connectivity index (χ2n) is 6.74. The van der Waals surface area contributed by atoms with Crippen molar-refractivity contribution < 1.29 is 32.6 Å². The van der Waals surface area contributed by atoms with E-state index in [4.69, 9.17) is 14.6 Å². The molecule has 11 heteroatoms. The number of carbonyl (C=O) groups is 2. The number of carboxylic acid groups (broad SMARTS) is 1. The lowest BCUT2D eigenvalue weighted by atomic mass is 10.0. The number of pyridine rings is 1. The van der Waals surface area contributed by atoms with Gasteiger partial charge >= 0.3 is 12.1 Å². The number of methoxy groups -OCH3 is 1. The average Bonchev–Trinajstić information content (AvgIpc) is 3.28. The van der Waals surface area contributed by atoms with Gasteiger partial charge in [0.2, 0.25) is 5.91 Å². The van der Waals surface area contributed by atoms with E-state index in [1.54, 1.807) is 18.0 Å². The van der Waals surface area contributed by atoms with Crippen LogP contribution in [0.1, 0.15) is 17.7 Å². The highest BCUT2D eigenvalue weighted by Crippen LogP contribution is 2.24. The van der Waals surface area contributed by atoms with Crippen molar-refractivity contribution in [2.45, 2.75) is 37.6 Å². The summed E-state index contributed by atoms with van der Waals surface area (Å²) < 4.78 is 39.1. The summed E-state index contributed by atoms with van der Waals surface area (Å²) in [6.45, 7) is 0.731. The summed E-state index contributed by atoms with van der Waals surface area (Å²) >= 11 is 0. The molecule has 1 aliphatic rings. The van der Waals surface area contributed by atoms with E-state index in [9.17, 15) is 18.0 Å². The fraction of sp³-hybridized carbons (Fsp3) is 0.474. The van der Waals surface area contributed by atoms with Gasteiger partial charge in [-0.2, -0.15) is 18.3 Å². The fourth-order valence-corrected chi connectivity index (χ4v) is 3.23. The zero-order valence-corrected chi connectivity index (χ0v) is 16.5. The van der Waals surface area contributed by atoms with Gasteiger partial charge in [-0.3, -0.25) is 14.5 Å². The Kier molecular flexibility index (Phi) is 7.93. The first-order chi connectivity index (χ1) is 14.1. The summed E-state index contributed by atoms with van der Waals surface area (Å²) in [5.41, 5.74) is 1.93. The van der Waals surface area contributed by atoms with Crippen LogP contribution in [-0.2, 0) is 34.2 Å². The highest BCUT2D eigenvalue weighted by molar-refractivity contribution is 5.79. The topological polar surface area (TPSA) is 97.5 Å². The third-order valence-electron chi connectivity index (χ3n) is 4.61. The number of amides is 1. The molecule has 1 N–H and O–H groups in total. The molecular weight excluding hydrogens is 405 g/mol. The quantitative estimate of drug-likeness (QED) is 0.781. The largest absolute Gasteiger partial charge is 0.490 e. The Labute approximate surface area is 171 Å². The minimum Gasteiger partial charge on any atom is -0.475 e. The number of ether oxygens (including phenoxy) is 1. The van der Waals surface area contributed by atoms with Gasteiger partial charge in [0.05, 0.1) is 24.8 Å². The number of aromatic nitrogens is 3. The van der Waals surface area contributed by atoms with E-state index >= 15 is 0 Å². The summed E-state index contributed by atoms with van der Waals surface area (Å²) in [6, 6.07) is 5.71. The van der Waals surface area contributed by atoms with Gasteiger partial charge in [-0.1, -0.05) is 6.07 Å². The Bertz CT molecular complexity index is 842. The molecule has 0 spiro atoms. The van der Waals surface area contributed by atoms with Gasteiger partial charge in [-0.05, 0) is 30.5 Å². The van der Waals surface area contributed by atoms with Gasteiger partial charge in [0.25, 0.3) is 0 Å². The third-order valence-corrected chi connectivity index (χ3v) is 4.61. The minimum absolute atomic E-state index is 0.0559. The van der Waals surface area contributed by atoms with E-state index in [1.807, 2.05) is 42.5 Å². The molecule has 8 nitrogen and oxygen atoms in total. The van der Waals surface area contributed by atoms with E-state index in [1.165, 1.54) is 0 Å². The zero-order valence-electron chi connectivity index (χ0n) is 16.5. The normalized spacial score (nSPS) is 18.6. The molecule has 1 amide bonds. The van der Waals surface area contributed by atoms with E-state index in [2.05, 4.69) is 10.1 Å². The Morgan fingerprint density at radius 1 is 1.33 bits per heavy atom. The molecule has 0 aromatic carbocycles. The number of carboxylic acids is 1. The lowest BCUT2D eigenvalue weighted by Crippen LogP contribution is -2.42. The monoisotopic (exact) mass is 428 g/mol. The van der Waals surface area contributed by atoms with Gasteiger partial charge in [0, 0.05) is 38.8 Å². The lowest BCUT2D eigenvalue weighted by Gasteiger charge is -2.27. The number of aliphatic carboxylic acids is 1. The van der Waals surface area contributed by atoms with Crippen molar-refractivity contribution in [3.8, 4) is 0 Å². The maximum Gasteiger partial charge on any atom is 0.490 e. The Morgan fingerprint density at radius 2 is 2.03 bits per heavy atom. The number of rotatable bonds is 5. The number of halogens is 3. The zero-order chi connectivity index (χ0) is 22.3. The highest BCUT2D eigenvalue weighted by atomic mass is 19.4. The molecule has 0 bridgehead atoms. The summed E-state index contributed by atoms with van der Waals surface area (Å²) in [5.74, 6) is -2.65. The van der Waals surface area contributed by atoms with E-state index < -0.39 is 12.1 Å².